The van der Waals surface area contributed by atoms with E-state index in [2.05, 4.69) is 46.8 Å². The number of ketones is 2. The number of ether oxygens (including phenoxy) is 2. The zero-order valence-corrected chi connectivity index (χ0v) is 29.7. The molecule has 6 aromatic carbocycles. The van der Waals surface area contributed by atoms with Gasteiger partial charge in [-0.1, -0.05) is 118 Å². The lowest BCUT2D eigenvalue weighted by molar-refractivity contribution is 0.0826. The second kappa shape index (κ2) is 14.2. The first-order chi connectivity index (χ1) is 24.0. The van der Waals surface area contributed by atoms with Crippen LogP contribution in [0.1, 0.15) is 96.0 Å². The molecule has 0 spiro atoms. The summed E-state index contributed by atoms with van der Waals surface area (Å²) in [4.78, 5) is 26.1. The molecule has 252 valence electrons. The monoisotopic (exact) mass is 660 g/mol. The number of aryl methyl sites for hydroxylation is 1. The zero-order chi connectivity index (χ0) is 35.5. The van der Waals surface area contributed by atoms with Crippen LogP contribution in [0.25, 0.3) is 10.8 Å². The first kappa shape index (κ1) is 34.4. The number of carbonyl (C=O) groups is 2. The molecule has 4 nitrogen and oxygen atoms in total. The van der Waals surface area contributed by atoms with Crippen molar-refractivity contribution in [3.63, 3.8) is 0 Å². The van der Waals surface area contributed by atoms with Gasteiger partial charge < -0.3 is 9.47 Å². The highest BCUT2D eigenvalue weighted by molar-refractivity contribution is 6.09. The maximum atomic E-state index is 13.1. The molecule has 0 saturated carbocycles. The molecule has 0 saturated heterocycles. The van der Waals surface area contributed by atoms with Gasteiger partial charge in [0.25, 0.3) is 0 Å². The zero-order valence-electron chi connectivity index (χ0n) is 29.7. The standard InChI is InChI=1S/C46H44O4/c1-7-45(4,5)38-21-13-33(14-22-38)44(48)35-17-25-40(26-18-35)49-41-27-19-37-30-42(28-20-36(37)29-41)50-46(6,8-2)39-23-15-34(16-24-39)43(47)32-11-9-31(3)10-12-32/h9-30H,7-8H2,1-6H3. The predicted molar refractivity (Wildman–Crippen MR) is 203 cm³/mol. The Morgan fingerprint density at radius 1 is 0.500 bits per heavy atom. The van der Waals surface area contributed by atoms with Crippen molar-refractivity contribution in [3.8, 4) is 17.2 Å². The van der Waals surface area contributed by atoms with Crippen LogP contribution in [0, 0.1) is 6.92 Å². The molecule has 0 amide bonds. The van der Waals surface area contributed by atoms with E-state index in [0.717, 1.165) is 40.5 Å². The van der Waals surface area contributed by atoms with Crippen molar-refractivity contribution in [2.45, 2.75) is 65.4 Å². The van der Waals surface area contributed by atoms with E-state index in [9.17, 15) is 9.59 Å². The van der Waals surface area contributed by atoms with E-state index in [0.29, 0.717) is 33.8 Å². The molecule has 6 aromatic rings. The Hall–Kier alpha value is -5.48. The molecule has 1 unspecified atom stereocenters. The van der Waals surface area contributed by atoms with Gasteiger partial charge in [-0.05, 0) is 103 Å². The maximum Gasteiger partial charge on any atom is 0.193 e. The lowest BCUT2D eigenvalue weighted by atomic mass is 9.82. The second-order valence-corrected chi connectivity index (χ2v) is 13.9. The normalized spacial score (nSPS) is 12.7. The lowest BCUT2D eigenvalue weighted by Crippen LogP contribution is -2.28. The van der Waals surface area contributed by atoms with Crippen LogP contribution in [-0.4, -0.2) is 11.6 Å². The summed E-state index contributed by atoms with van der Waals surface area (Å²) < 4.78 is 12.8. The van der Waals surface area contributed by atoms with Crippen LogP contribution in [0.2, 0.25) is 0 Å². The van der Waals surface area contributed by atoms with Crippen LogP contribution in [0.15, 0.2) is 133 Å². The third-order valence-corrected chi connectivity index (χ3v) is 10.0. The smallest absolute Gasteiger partial charge is 0.193 e. The van der Waals surface area contributed by atoms with Crippen molar-refractivity contribution in [2.75, 3.05) is 0 Å². The summed E-state index contributed by atoms with van der Waals surface area (Å²) in [5.41, 5.74) is 5.50. The summed E-state index contributed by atoms with van der Waals surface area (Å²) >= 11 is 0. The summed E-state index contributed by atoms with van der Waals surface area (Å²) in [5.74, 6) is 2.13. The van der Waals surface area contributed by atoms with Gasteiger partial charge in [-0.15, -0.1) is 0 Å². The van der Waals surface area contributed by atoms with Gasteiger partial charge in [0.05, 0.1) is 0 Å². The Balaban J connectivity index is 1.11. The van der Waals surface area contributed by atoms with Crippen molar-refractivity contribution < 1.29 is 19.1 Å². The number of benzene rings is 6. The number of hydrogen-bond acceptors (Lipinski definition) is 4. The Morgan fingerprint density at radius 2 is 0.920 bits per heavy atom. The minimum atomic E-state index is -0.578. The molecule has 0 bridgehead atoms. The fourth-order valence-electron chi connectivity index (χ4n) is 6.02. The predicted octanol–water partition coefficient (Wildman–Crippen LogP) is 11.8. The Labute approximate surface area is 295 Å². The maximum absolute atomic E-state index is 13.1. The molecule has 0 radical (unpaired) electrons. The van der Waals surface area contributed by atoms with Crippen LogP contribution < -0.4 is 9.47 Å². The molecular formula is C46H44O4. The largest absolute Gasteiger partial charge is 0.483 e. The summed E-state index contributed by atoms with van der Waals surface area (Å²) in [6, 6.07) is 42.7. The molecule has 0 aliphatic carbocycles. The number of carbonyl (C=O) groups excluding carboxylic acids is 2. The first-order valence-corrected chi connectivity index (χ1v) is 17.4. The molecular weight excluding hydrogens is 617 g/mol. The number of rotatable bonds is 12. The van der Waals surface area contributed by atoms with Crippen molar-refractivity contribution in [3.05, 3.63) is 172 Å². The van der Waals surface area contributed by atoms with Gasteiger partial charge in [-0.2, -0.15) is 0 Å². The van der Waals surface area contributed by atoms with Gasteiger partial charge in [0, 0.05) is 22.3 Å². The van der Waals surface area contributed by atoms with Crippen LogP contribution in [0.5, 0.6) is 17.2 Å². The van der Waals surface area contributed by atoms with Crippen molar-refractivity contribution in [1.29, 1.82) is 0 Å². The molecule has 1 atom stereocenters. The highest BCUT2D eigenvalue weighted by Gasteiger charge is 2.27. The van der Waals surface area contributed by atoms with E-state index in [1.54, 1.807) is 0 Å². The quantitative estimate of drug-likeness (QED) is 0.123. The number of fused-ring (bicyclic) bond motifs is 1. The van der Waals surface area contributed by atoms with Crippen LogP contribution in [0.3, 0.4) is 0 Å². The van der Waals surface area contributed by atoms with E-state index in [1.165, 1.54) is 5.56 Å². The van der Waals surface area contributed by atoms with Gasteiger partial charge >= 0.3 is 0 Å². The van der Waals surface area contributed by atoms with Gasteiger partial charge in [0.1, 0.15) is 22.8 Å². The third kappa shape index (κ3) is 7.40. The topological polar surface area (TPSA) is 52.6 Å². The van der Waals surface area contributed by atoms with E-state index in [4.69, 9.17) is 9.47 Å². The van der Waals surface area contributed by atoms with Gasteiger partial charge in [-0.3, -0.25) is 9.59 Å². The van der Waals surface area contributed by atoms with Crippen LogP contribution >= 0.6 is 0 Å². The van der Waals surface area contributed by atoms with Crippen LogP contribution in [0.4, 0.5) is 0 Å². The average molecular weight is 661 g/mol. The molecule has 0 heterocycles. The van der Waals surface area contributed by atoms with Crippen molar-refractivity contribution >= 4 is 22.3 Å². The Kier molecular flexibility index (Phi) is 9.74. The molecule has 0 fully saturated rings. The van der Waals surface area contributed by atoms with E-state index < -0.39 is 5.60 Å². The molecule has 6 rings (SSSR count). The summed E-state index contributed by atoms with van der Waals surface area (Å²) in [5, 5.41) is 2.05. The molecule has 4 heteroatoms. The molecule has 0 aromatic heterocycles. The van der Waals surface area contributed by atoms with Gasteiger partial charge in [0.15, 0.2) is 11.6 Å². The third-order valence-electron chi connectivity index (χ3n) is 10.0. The van der Waals surface area contributed by atoms with Crippen molar-refractivity contribution in [1.82, 2.24) is 0 Å². The average Bonchev–Trinajstić information content (AvgIpc) is 3.15. The van der Waals surface area contributed by atoms with E-state index in [-0.39, 0.29) is 17.0 Å². The second-order valence-electron chi connectivity index (χ2n) is 13.9. The number of hydrogen-bond donors (Lipinski definition) is 0. The highest BCUT2D eigenvalue weighted by atomic mass is 16.5. The first-order valence-electron chi connectivity index (χ1n) is 17.4. The summed E-state index contributed by atoms with van der Waals surface area (Å²) in [7, 11) is 0. The molecule has 0 aliphatic rings. The molecule has 0 aliphatic heterocycles. The fraction of sp³-hybridized carbons (Fsp3) is 0.217. The fourth-order valence-corrected chi connectivity index (χ4v) is 6.02. The Morgan fingerprint density at radius 3 is 1.42 bits per heavy atom. The molecule has 0 N–H and O–H groups in total. The van der Waals surface area contributed by atoms with E-state index >= 15 is 0 Å². The summed E-state index contributed by atoms with van der Waals surface area (Å²) in [6.07, 6.45) is 1.78. The minimum absolute atomic E-state index is 0.00814. The van der Waals surface area contributed by atoms with Crippen molar-refractivity contribution in [2.24, 2.45) is 0 Å². The summed E-state index contributed by atoms with van der Waals surface area (Å²) in [6.45, 7) is 12.8. The Bertz CT molecular complexity index is 2120. The van der Waals surface area contributed by atoms with Gasteiger partial charge in [0.2, 0.25) is 0 Å². The lowest BCUT2D eigenvalue weighted by Gasteiger charge is -2.30. The molecule has 50 heavy (non-hydrogen) atoms. The highest BCUT2D eigenvalue weighted by Crippen LogP contribution is 2.35. The minimum Gasteiger partial charge on any atom is -0.483 e. The van der Waals surface area contributed by atoms with Gasteiger partial charge in [-0.25, -0.2) is 0 Å². The van der Waals surface area contributed by atoms with E-state index in [1.807, 2.05) is 128 Å². The van der Waals surface area contributed by atoms with Crippen LogP contribution in [-0.2, 0) is 11.0 Å². The SMILES string of the molecule is CCC(C)(C)c1ccc(C(=O)c2ccc(Oc3ccc4cc(OC(C)(CC)c5ccc(C(=O)c6ccc(C)cc6)cc5)ccc4c3)cc2)cc1.